The molecule has 164 valence electrons. The minimum Gasteiger partial charge on any atom is -0.357 e. The van der Waals surface area contributed by atoms with Crippen molar-refractivity contribution in [3.8, 4) is 0 Å². The Balaban J connectivity index is 0.00000392. The third kappa shape index (κ3) is 8.43. The van der Waals surface area contributed by atoms with Crippen molar-refractivity contribution in [2.24, 2.45) is 10.4 Å². The monoisotopic (exact) mass is 507 g/mol. The standard InChI is InChI=1S/C21H41N5O.HI/c1-4-13-23-19(27)16-26-14-9-18(10-15-26)25-20(22-6-3)24-17-21(5-2)11-7-8-12-21;/h18H,4-17H2,1-3H3,(H,23,27)(H2,22,24,25);1H. The van der Waals surface area contributed by atoms with Crippen LogP contribution in [-0.4, -0.2) is 62.1 Å². The van der Waals surface area contributed by atoms with E-state index in [0.717, 1.165) is 57.9 Å². The van der Waals surface area contributed by atoms with Gasteiger partial charge in [-0.3, -0.25) is 14.7 Å². The number of rotatable bonds is 9. The van der Waals surface area contributed by atoms with Crippen LogP contribution in [0.4, 0.5) is 0 Å². The molecule has 1 aliphatic heterocycles. The summed E-state index contributed by atoms with van der Waals surface area (Å²) in [6.45, 7) is 11.6. The van der Waals surface area contributed by atoms with Crippen LogP contribution in [0.2, 0.25) is 0 Å². The number of nitrogens with one attached hydrogen (secondary N) is 3. The van der Waals surface area contributed by atoms with E-state index in [1.165, 1.54) is 32.1 Å². The van der Waals surface area contributed by atoms with Crippen molar-refractivity contribution in [1.29, 1.82) is 0 Å². The first-order valence-electron chi connectivity index (χ1n) is 11.1. The Morgan fingerprint density at radius 2 is 1.79 bits per heavy atom. The predicted molar refractivity (Wildman–Crippen MR) is 128 cm³/mol. The van der Waals surface area contributed by atoms with Crippen LogP contribution < -0.4 is 16.0 Å². The Morgan fingerprint density at radius 3 is 2.36 bits per heavy atom. The topological polar surface area (TPSA) is 68.8 Å². The Hall–Kier alpha value is -0.570. The maximum absolute atomic E-state index is 11.9. The molecule has 6 nitrogen and oxygen atoms in total. The van der Waals surface area contributed by atoms with Gasteiger partial charge >= 0.3 is 0 Å². The predicted octanol–water partition coefficient (Wildman–Crippen LogP) is 3.12. The SMILES string of the molecule is CCCNC(=O)CN1CCC(NC(=NCC2(CC)CCCC2)NCC)CC1.I. The molecule has 1 heterocycles. The van der Waals surface area contributed by atoms with Gasteiger partial charge in [-0.2, -0.15) is 0 Å². The van der Waals surface area contributed by atoms with Crippen LogP contribution in [0.1, 0.15) is 72.1 Å². The highest BCUT2D eigenvalue weighted by molar-refractivity contribution is 14.0. The molecule has 0 aromatic rings. The average molecular weight is 508 g/mol. The summed E-state index contributed by atoms with van der Waals surface area (Å²) in [5.74, 6) is 1.12. The molecule has 1 aliphatic carbocycles. The van der Waals surface area contributed by atoms with E-state index in [1.807, 2.05) is 0 Å². The van der Waals surface area contributed by atoms with Gasteiger partial charge in [-0.1, -0.05) is 26.7 Å². The average Bonchev–Trinajstić information content (AvgIpc) is 3.16. The minimum atomic E-state index is 0. The summed E-state index contributed by atoms with van der Waals surface area (Å²) in [4.78, 5) is 19.1. The third-order valence-corrected chi connectivity index (χ3v) is 6.20. The van der Waals surface area contributed by atoms with E-state index in [4.69, 9.17) is 4.99 Å². The molecular formula is C21H42IN5O. The van der Waals surface area contributed by atoms with Gasteiger partial charge < -0.3 is 16.0 Å². The summed E-state index contributed by atoms with van der Waals surface area (Å²) in [6, 6.07) is 0.443. The van der Waals surface area contributed by atoms with Crippen molar-refractivity contribution in [2.75, 3.05) is 39.3 Å². The van der Waals surface area contributed by atoms with Crippen molar-refractivity contribution in [3.63, 3.8) is 0 Å². The Morgan fingerprint density at radius 1 is 1.11 bits per heavy atom. The summed E-state index contributed by atoms with van der Waals surface area (Å²) < 4.78 is 0. The number of halogens is 1. The van der Waals surface area contributed by atoms with Crippen LogP contribution in [0.3, 0.4) is 0 Å². The molecule has 0 radical (unpaired) electrons. The molecule has 7 heteroatoms. The molecule has 1 saturated heterocycles. The number of amides is 1. The van der Waals surface area contributed by atoms with Gasteiger partial charge in [-0.05, 0) is 50.9 Å². The fourth-order valence-corrected chi connectivity index (χ4v) is 4.27. The Bertz CT molecular complexity index is 471. The van der Waals surface area contributed by atoms with E-state index in [9.17, 15) is 4.79 Å². The smallest absolute Gasteiger partial charge is 0.234 e. The van der Waals surface area contributed by atoms with Crippen LogP contribution in [0.15, 0.2) is 4.99 Å². The number of hydrogen-bond donors (Lipinski definition) is 3. The molecule has 28 heavy (non-hydrogen) atoms. The molecule has 0 atom stereocenters. The Kier molecular flexibility index (Phi) is 12.4. The summed E-state index contributed by atoms with van der Waals surface area (Å²) in [7, 11) is 0. The number of nitrogens with zero attached hydrogens (tertiary/aromatic N) is 2. The zero-order chi connectivity index (χ0) is 19.5. The van der Waals surface area contributed by atoms with E-state index in [0.29, 0.717) is 18.0 Å². The number of likely N-dealkylation sites (tertiary alicyclic amines) is 1. The second kappa shape index (κ2) is 13.6. The van der Waals surface area contributed by atoms with E-state index in [1.54, 1.807) is 0 Å². The largest absolute Gasteiger partial charge is 0.357 e. The number of hydrogen-bond acceptors (Lipinski definition) is 3. The van der Waals surface area contributed by atoms with Crippen molar-refractivity contribution in [3.05, 3.63) is 0 Å². The van der Waals surface area contributed by atoms with Gasteiger partial charge in [-0.15, -0.1) is 24.0 Å². The van der Waals surface area contributed by atoms with Crippen molar-refractivity contribution >= 4 is 35.8 Å². The highest BCUT2D eigenvalue weighted by Crippen LogP contribution is 2.41. The first kappa shape index (κ1) is 25.5. The van der Waals surface area contributed by atoms with E-state index in [-0.39, 0.29) is 29.9 Å². The minimum absolute atomic E-state index is 0. The van der Waals surface area contributed by atoms with Gasteiger partial charge in [0, 0.05) is 38.8 Å². The molecule has 0 unspecified atom stereocenters. The zero-order valence-electron chi connectivity index (χ0n) is 18.2. The first-order chi connectivity index (χ1) is 13.1. The zero-order valence-corrected chi connectivity index (χ0v) is 20.5. The lowest BCUT2D eigenvalue weighted by molar-refractivity contribution is -0.122. The highest BCUT2D eigenvalue weighted by atomic mass is 127. The summed E-state index contributed by atoms with van der Waals surface area (Å²) in [5.41, 5.74) is 0.428. The second-order valence-electron chi connectivity index (χ2n) is 8.30. The summed E-state index contributed by atoms with van der Waals surface area (Å²) in [5, 5.41) is 10.0. The van der Waals surface area contributed by atoms with E-state index < -0.39 is 0 Å². The van der Waals surface area contributed by atoms with Gasteiger partial charge in [-0.25, -0.2) is 0 Å². The van der Waals surface area contributed by atoms with Crippen LogP contribution in [0.5, 0.6) is 0 Å². The number of carbonyl (C=O) groups is 1. The maximum atomic E-state index is 11.9. The van der Waals surface area contributed by atoms with Gasteiger partial charge in [0.05, 0.1) is 6.54 Å². The molecule has 2 fully saturated rings. The van der Waals surface area contributed by atoms with Gasteiger partial charge in [0.15, 0.2) is 5.96 Å². The van der Waals surface area contributed by atoms with Crippen molar-refractivity contribution in [2.45, 2.75) is 78.2 Å². The van der Waals surface area contributed by atoms with Crippen LogP contribution in [-0.2, 0) is 4.79 Å². The number of carbonyl (C=O) groups excluding carboxylic acids is 1. The lowest BCUT2D eigenvalue weighted by Crippen LogP contribution is -2.50. The van der Waals surface area contributed by atoms with Crippen LogP contribution >= 0.6 is 24.0 Å². The third-order valence-electron chi connectivity index (χ3n) is 6.20. The molecule has 3 N–H and O–H groups in total. The normalized spacial score (nSPS) is 20.5. The van der Waals surface area contributed by atoms with Crippen LogP contribution in [0, 0.1) is 5.41 Å². The quantitative estimate of drug-likeness (QED) is 0.255. The first-order valence-corrected chi connectivity index (χ1v) is 11.1. The molecule has 0 aromatic carbocycles. The molecule has 0 bridgehead atoms. The molecule has 2 aliphatic rings. The molecular weight excluding hydrogens is 465 g/mol. The summed E-state index contributed by atoms with van der Waals surface area (Å²) in [6.07, 6.45) is 9.71. The number of guanidine groups is 1. The van der Waals surface area contributed by atoms with Gasteiger partial charge in [0.2, 0.25) is 5.91 Å². The molecule has 2 rings (SSSR count). The molecule has 1 amide bonds. The van der Waals surface area contributed by atoms with Crippen molar-refractivity contribution in [1.82, 2.24) is 20.9 Å². The molecule has 0 spiro atoms. The van der Waals surface area contributed by atoms with E-state index in [2.05, 4.69) is 41.6 Å². The molecule has 0 aromatic heterocycles. The fraction of sp³-hybridized carbons (Fsp3) is 0.905. The Labute approximate surface area is 189 Å². The van der Waals surface area contributed by atoms with Gasteiger partial charge in [0.1, 0.15) is 0 Å². The van der Waals surface area contributed by atoms with Gasteiger partial charge in [0.25, 0.3) is 0 Å². The number of piperidine rings is 1. The number of aliphatic imine (C=N–C) groups is 1. The molecule has 1 saturated carbocycles. The maximum Gasteiger partial charge on any atom is 0.234 e. The lowest BCUT2D eigenvalue weighted by Gasteiger charge is -2.33. The summed E-state index contributed by atoms with van der Waals surface area (Å²) >= 11 is 0. The second-order valence-corrected chi connectivity index (χ2v) is 8.30. The van der Waals surface area contributed by atoms with Crippen LogP contribution in [0.25, 0.3) is 0 Å². The fourth-order valence-electron chi connectivity index (χ4n) is 4.27. The lowest BCUT2D eigenvalue weighted by atomic mass is 9.84. The highest BCUT2D eigenvalue weighted by Gasteiger charge is 2.32. The van der Waals surface area contributed by atoms with Crippen molar-refractivity contribution < 1.29 is 4.79 Å². The van der Waals surface area contributed by atoms with E-state index >= 15 is 0 Å².